The Hall–Kier alpha value is -0.130. The third kappa shape index (κ3) is 2.98. The summed E-state index contributed by atoms with van der Waals surface area (Å²) in [6.45, 7) is 6.89. The van der Waals surface area contributed by atoms with Gasteiger partial charge < -0.3 is 0 Å². The summed E-state index contributed by atoms with van der Waals surface area (Å²) < 4.78 is 23.2. The molecule has 0 aromatic carbocycles. The van der Waals surface area contributed by atoms with Gasteiger partial charge in [0.25, 0.3) is 0 Å². The Balaban J connectivity index is 1.62. The zero-order valence-corrected chi connectivity index (χ0v) is 12.7. The lowest BCUT2D eigenvalue weighted by Crippen LogP contribution is -2.56. The standard InChI is InChI=1S/C14H26N2O2S/c1-2-13-9-15-6-3-4-14(15)10-16(13)8-12-5-7-19(17,18)11-12/h12-14H,2-11H2,1H3. The van der Waals surface area contributed by atoms with Crippen LogP contribution in [0, 0.1) is 5.92 Å². The van der Waals surface area contributed by atoms with Crippen LogP contribution in [-0.4, -0.2) is 68.0 Å². The van der Waals surface area contributed by atoms with Crippen molar-refractivity contribution in [1.82, 2.24) is 9.80 Å². The molecule has 0 radical (unpaired) electrons. The number of hydrogen-bond donors (Lipinski definition) is 0. The monoisotopic (exact) mass is 286 g/mol. The molecule has 0 amide bonds. The molecule has 3 fully saturated rings. The predicted octanol–water partition coefficient (Wildman–Crippen LogP) is 0.980. The van der Waals surface area contributed by atoms with Crippen LogP contribution in [-0.2, 0) is 9.84 Å². The van der Waals surface area contributed by atoms with E-state index >= 15 is 0 Å². The molecule has 5 heteroatoms. The van der Waals surface area contributed by atoms with Gasteiger partial charge in [0.15, 0.2) is 9.84 Å². The topological polar surface area (TPSA) is 40.6 Å². The van der Waals surface area contributed by atoms with Crippen molar-refractivity contribution in [2.24, 2.45) is 5.92 Å². The van der Waals surface area contributed by atoms with Gasteiger partial charge in [-0.1, -0.05) is 6.92 Å². The first kappa shape index (κ1) is 13.8. The van der Waals surface area contributed by atoms with Gasteiger partial charge in [0, 0.05) is 31.7 Å². The van der Waals surface area contributed by atoms with E-state index in [1.807, 2.05) is 0 Å². The summed E-state index contributed by atoms with van der Waals surface area (Å²) >= 11 is 0. The van der Waals surface area contributed by atoms with Crippen LogP contribution >= 0.6 is 0 Å². The average Bonchev–Trinajstić information content (AvgIpc) is 2.94. The van der Waals surface area contributed by atoms with E-state index in [0.29, 0.717) is 23.5 Å². The lowest BCUT2D eigenvalue weighted by atomic mass is 10.0. The van der Waals surface area contributed by atoms with E-state index in [4.69, 9.17) is 0 Å². The molecule has 110 valence electrons. The van der Waals surface area contributed by atoms with Gasteiger partial charge in [0.05, 0.1) is 11.5 Å². The van der Waals surface area contributed by atoms with Crippen LogP contribution in [0.1, 0.15) is 32.6 Å². The van der Waals surface area contributed by atoms with E-state index in [1.165, 1.54) is 32.4 Å². The first-order valence-electron chi connectivity index (χ1n) is 7.76. The Morgan fingerprint density at radius 3 is 2.74 bits per heavy atom. The van der Waals surface area contributed by atoms with Crippen LogP contribution in [0.15, 0.2) is 0 Å². The minimum Gasteiger partial charge on any atom is -0.298 e. The molecule has 0 spiro atoms. The number of rotatable bonds is 3. The fraction of sp³-hybridized carbons (Fsp3) is 1.00. The van der Waals surface area contributed by atoms with Gasteiger partial charge in [-0.05, 0) is 38.1 Å². The van der Waals surface area contributed by atoms with Gasteiger partial charge in [-0.2, -0.15) is 0 Å². The average molecular weight is 286 g/mol. The molecule has 19 heavy (non-hydrogen) atoms. The fourth-order valence-electron chi connectivity index (χ4n) is 4.11. The van der Waals surface area contributed by atoms with Crippen molar-refractivity contribution < 1.29 is 8.42 Å². The van der Waals surface area contributed by atoms with E-state index in [-0.39, 0.29) is 0 Å². The second-order valence-electron chi connectivity index (χ2n) is 6.58. The highest BCUT2D eigenvalue weighted by Crippen LogP contribution is 2.28. The quantitative estimate of drug-likeness (QED) is 0.775. The van der Waals surface area contributed by atoms with E-state index < -0.39 is 9.84 Å². The summed E-state index contributed by atoms with van der Waals surface area (Å²) in [5, 5.41) is 0. The van der Waals surface area contributed by atoms with E-state index in [0.717, 1.165) is 25.6 Å². The summed E-state index contributed by atoms with van der Waals surface area (Å²) in [6.07, 6.45) is 4.73. The third-order valence-electron chi connectivity index (χ3n) is 5.20. The van der Waals surface area contributed by atoms with E-state index in [1.54, 1.807) is 0 Å². The predicted molar refractivity (Wildman–Crippen MR) is 77.0 cm³/mol. The van der Waals surface area contributed by atoms with Crippen molar-refractivity contribution in [3.05, 3.63) is 0 Å². The first-order chi connectivity index (χ1) is 9.07. The molecule has 3 aliphatic rings. The molecule has 0 aliphatic carbocycles. The molecule has 0 N–H and O–H groups in total. The van der Waals surface area contributed by atoms with Gasteiger partial charge in [-0.25, -0.2) is 8.42 Å². The van der Waals surface area contributed by atoms with Crippen molar-refractivity contribution in [1.29, 1.82) is 0 Å². The lowest BCUT2D eigenvalue weighted by Gasteiger charge is -2.44. The molecule has 0 bridgehead atoms. The Morgan fingerprint density at radius 1 is 1.21 bits per heavy atom. The largest absolute Gasteiger partial charge is 0.298 e. The maximum Gasteiger partial charge on any atom is 0.150 e. The van der Waals surface area contributed by atoms with Crippen molar-refractivity contribution in [2.75, 3.05) is 37.7 Å². The maximum absolute atomic E-state index is 11.6. The molecule has 0 aromatic heterocycles. The fourth-order valence-corrected chi connectivity index (χ4v) is 5.96. The summed E-state index contributed by atoms with van der Waals surface area (Å²) in [5.74, 6) is 1.22. The molecular formula is C14H26N2O2S. The molecule has 3 rings (SSSR count). The Morgan fingerprint density at radius 2 is 2.05 bits per heavy atom. The molecule has 3 aliphatic heterocycles. The van der Waals surface area contributed by atoms with Crippen LogP contribution in [0.25, 0.3) is 0 Å². The Labute approximate surface area is 117 Å². The number of piperazine rings is 1. The van der Waals surface area contributed by atoms with Crippen LogP contribution < -0.4 is 0 Å². The molecule has 0 saturated carbocycles. The molecular weight excluding hydrogens is 260 g/mol. The Bertz CT molecular complexity index is 423. The molecule has 3 atom stereocenters. The van der Waals surface area contributed by atoms with Crippen LogP contribution in [0.5, 0.6) is 0 Å². The highest BCUT2D eigenvalue weighted by molar-refractivity contribution is 7.91. The minimum atomic E-state index is -2.73. The summed E-state index contributed by atoms with van der Waals surface area (Å²) in [5.41, 5.74) is 0. The maximum atomic E-state index is 11.6. The molecule has 4 nitrogen and oxygen atoms in total. The second-order valence-corrected chi connectivity index (χ2v) is 8.80. The van der Waals surface area contributed by atoms with Gasteiger partial charge in [0.1, 0.15) is 0 Å². The Kier molecular flexibility index (Phi) is 3.89. The van der Waals surface area contributed by atoms with E-state index in [9.17, 15) is 8.42 Å². The highest BCUT2D eigenvalue weighted by Gasteiger charge is 2.37. The van der Waals surface area contributed by atoms with Gasteiger partial charge >= 0.3 is 0 Å². The molecule has 3 saturated heterocycles. The van der Waals surface area contributed by atoms with Gasteiger partial charge in [-0.15, -0.1) is 0 Å². The van der Waals surface area contributed by atoms with Crippen molar-refractivity contribution in [3.63, 3.8) is 0 Å². The molecule has 0 aromatic rings. The summed E-state index contributed by atoms with van der Waals surface area (Å²) in [6, 6.07) is 1.37. The molecule has 3 heterocycles. The van der Waals surface area contributed by atoms with Crippen molar-refractivity contribution in [3.8, 4) is 0 Å². The zero-order chi connectivity index (χ0) is 13.5. The smallest absolute Gasteiger partial charge is 0.150 e. The zero-order valence-electron chi connectivity index (χ0n) is 11.9. The normalized spacial score (nSPS) is 39.5. The lowest BCUT2D eigenvalue weighted by molar-refractivity contribution is 0.0405. The van der Waals surface area contributed by atoms with Crippen molar-refractivity contribution >= 4 is 9.84 Å². The summed E-state index contributed by atoms with van der Waals surface area (Å²) in [7, 11) is -2.73. The van der Waals surface area contributed by atoms with Crippen LogP contribution in [0.2, 0.25) is 0 Å². The van der Waals surface area contributed by atoms with E-state index in [2.05, 4.69) is 16.7 Å². The third-order valence-corrected chi connectivity index (χ3v) is 7.03. The summed E-state index contributed by atoms with van der Waals surface area (Å²) in [4.78, 5) is 5.24. The van der Waals surface area contributed by atoms with Gasteiger partial charge in [-0.3, -0.25) is 9.80 Å². The first-order valence-corrected chi connectivity index (χ1v) is 9.58. The number of fused-ring (bicyclic) bond motifs is 1. The number of nitrogens with zero attached hydrogens (tertiary/aromatic N) is 2. The van der Waals surface area contributed by atoms with Gasteiger partial charge in [0.2, 0.25) is 0 Å². The van der Waals surface area contributed by atoms with Crippen LogP contribution in [0.3, 0.4) is 0 Å². The second kappa shape index (κ2) is 5.34. The number of hydrogen-bond acceptors (Lipinski definition) is 4. The highest BCUT2D eigenvalue weighted by atomic mass is 32.2. The van der Waals surface area contributed by atoms with Crippen molar-refractivity contribution in [2.45, 2.75) is 44.7 Å². The number of sulfone groups is 1. The van der Waals surface area contributed by atoms with Crippen LogP contribution in [0.4, 0.5) is 0 Å². The SMILES string of the molecule is CCC1CN2CCCC2CN1CC1CCS(=O)(=O)C1. The molecule has 3 unspecified atom stereocenters. The minimum absolute atomic E-state index is 0.381.